The van der Waals surface area contributed by atoms with Crippen molar-refractivity contribution < 1.29 is 23.0 Å². The molecule has 32 heavy (non-hydrogen) atoms. The molecule has 0 aromatic carbocycles. The lowest BCUT2D eigenvalue weighted by Crippen LogP contribution is -2.43. The molecule has 4 aliphatic rings. The van der Waals surface area contributed by atoms with E-state index in [4.69, 9.17) is 25.8 Å². The van der Waals surface area contributed by atoms with Crippen molar-refractivity contribution in [3.8, 4) is 11.9 Å². The summed E-state index contributed by atoms with van der Waals surface area (Å²) in [7, 11) is 0. The first kappa shape index (κ1) is 20.6. The molecule has 3 saturated heterocycles. The predicted octanol–water partition coefficient (Wildman–Crippen LogP) is 2.76. The Morgan fingerprint density at radius 3 is 3.00 bits per heavy atom. The maximum Gasteiger partial charge on any atom is 0.319 e. The van der Waals surface area contributed by atoms with E-state index >= 15 is 4.39 Å². The van der Waals surface area contributed by atoms with Crippen LogP contribution < -0.4 is 14.4 Å². The number of ether oxygens (including phenoxy) is 3. The van der Waals surface area contributed by atoms with Crippen molar-refractivity contribution in [3.05, 3.63) is 11.0 Å². The van der Waals surface area contributed by atoms with E-state index in [-0.39, 0.29) is 40.7 Å². The van der Waals surface area contributed by atoms with Crippen molar-refractivity contribution in [2.75, 3.05) is 51.0 Å². The zero-order valence-electron chi connectivity index (χ0n) is 17.5. The third kappa shape index (κ3) is 3.26. The number of aromatic nitrogens is 3. The highest BCUT2D eigenvalue weighted by Crippen LogP contribution is 2.42. The van der Waals surface area contributed by atoms with Gasteiger partial charge in [-0.3, -0.25) is 4.90 Å². The van der Waals surface area contributed by atoms with Gasteiger partial charge >= 0.3 is 6.01 Å². The van der Waals surface area contributed by atoms with E-state index in [1.807, 2.05) is 0 Å². The number of anilines is 1. The van der Waals surface area contributed by atoms with Gasteiger partial charge in [-0.05, 0) is 25.8 Å². The van der Waals surface area contributed by atoms with E-state index in [0.717, 1.165) is 25.8 Å². The SMILES string of the molecule is Fc1c(Cl)nc2c3c(nc(OC[C@@]45CCCN4C[C@H](F)C5)nc13)N1CCCOCC1CO2. The van der Waals surface area contributed by atoms with E-state index < -0.39 is 12.0 Å². The lowest BCUT2D eigenvalue weighted by atomic mass is 9.95. The molecule has 0 bridgehead atoms. The summed E-state index contributed by atoms with van der Waals surface area (Å²) in [6.45, 7) is 3.62. The highest BCUT2D eigenvalue weighted by atomic mass is 35.5. The minimum atomic E-state index is -0.860. The third-order valence-electron chi connectivity index (χ3n) is 7.03. The molecule has 3 atom stereocenters. The number of nitrogens with zero attached hydrogens (tertiary/aromatic N) is 5. The summed E-state index contributed by atoms with van der Waals surface area (Å²) in [6, 6.07) is -0.0560. The molecule has 0 N–H and O–H groups in total. The minimum absolute atomic E-state index is 0.0152. The highest BCUT2D eigenvalue weighted by molar-refractivity contribution is 6.30. The smallest absolute Gasteiger partial charge is 0.319 e. The average molecular weight is 468 g/mol. The molecule has 1 unspecified atom stereocenters. The minimum Gasteiger partial charge on any atom is -0.475 e. The van der Waals surface area contributed by atoms with Crippen molar-refractivity contribution in [1.82, 2.24) is 19.9 Å². The van der Waals surface area contributed by atoms with Gasteiger partial charge in [0.2, 0.25) is 5.88 Å². The summed E-state index contributed by atoms with van der Waals surface area (Å²) in [5, 5.41) is 0.0714. The Morgan fingerprint density at radius 2 is 2.09 bits per heavy atom. The fourth-order valence-electron chi connectivity index (χ4n) is 5.52. The maximum atomic E-state index is 15.0. The lowest BCUT2D eigenvalue weighted by Gasteiger charge is -2.31. The van der Waals surface area contributed by atoms with Gasteiger partial charge in [-0.2, -0.15) is 15.0 Å². The highest BCUT2D eigenvalue weighted by Gasteiger charge is 2.49. The van der Waals surface area contributed by atoms with Gasteiger partial charge in [-0.15, -0.1) is 0 Å². The van der Waals surface area contributed by atoms with Gasteiger partial charge in [-0.1, -0.05) is 11.6 Å². The second kappa shape index (κ2) is 7.78. The van der Waals surface area contributed by atoms with Crippen LogP contribution in [0.15, 0.2) is 0 Å². The number of halogens is 3. The molecule has 2 aromatic heterocycles. The zero-order valence-corrected chi connectivity index (χ0v) is 18.3. The van der Waals surface area contributed by atoms with Gasteiger partial charge in [0, 0.05) is 26.1 Å². The molecule has 6 rings (SSSR count). The molecule has 0 radical (unpaired) electrons. The molecular formula is C21H24ClF2N5O3. The second-order valence-electron chi connectivity index (χ2n) is 9.03. The van der Waals surface area contributed by atoms with E-state index in [9.17, 15) is 4.39 Å². The average Bonchev–Trinajstić information content (AvgIpc) is 3.12. The van der Waals surface area contributed by atoms with E-state index in [0.29, 0.717) is 50.5 Å². The molecule has 11 heteroatoms. The van der Waals surface area contributed by atoms with Gasteiger partial charge in [0.1, 0.15) is 36.1 Å². The van der Waals surface area contributed by atoms with Crippen LogP contribution in [0.3, 0.4) is 0 Å². The Bertz CT molecular complexity index is 1060. The van der Waals surface area contributed by atoms with Crippen LogP contribution >= 0.6 is 11.6 Å². The van der Waals surface area contributed by atoms with Crippen LogP contribution in [0.2, 0.25) is 5.15 Å². The first-order chi connectivity index (χ1) is 15.5. The quantitative estimate of drug-likeness (QED) is 0.638. The number of alkyl halides is 1. The summed E-state index contributed by atoms with van der Waals surface area (Å²) in [6.07, 6.45) is 2.24. The van der Waals surface area contributed by atoms with Gasteiger partial charge in [0.15, 0.2) is 11.0 Å². The molecule has 3 fully saturated rings. The topological polar surface area (TPSA) is 72.8 Å². The molecule has 0 saturated carbocycles. The number of fused-ring (bicyclic) bond motifs is 3. The Morgan fingerprint density at radius 1 is 1.19 bits per heavy atom. The molecular weight excluding hydrogens is 444 g/mol. The van der Waals surface area contributed by atoms with Crippen LogP contribution in [0.4, 0.5) is 14.6 Å². The summed E-state index contributed by atoms with van der Waals surface area (Å²) in [4.78, 5) is 17.3. The van der Waals surface area contributed by atoms with Crippen molar-refractivity contribution in [2.24, 2.45) is 0 Å². The third-order valence-corrected chi connectivity index (χ3v) is 7.28. The number of hydrogen-bond donors (Lipinski definition) is 0. The molecule has 0 spiro atoms. The van der Waals surface area contributed by atoms with Crippen molar-refractivity contribution in [2.45, 2.75) is 43.4 Å². The van der Waals surface area contributed by atoms with Gasteiger partial charge in [0.25, 0.3) is 0 Å². The van der Waals surface area contributed by atoms with Crippen LogP contribution in [0.25, 0.3) is 10.9 Å². The standard InChI is InChI=1S/C21H24ClF2N5O3/c22-17-15(24)16-14-18(29-5-2-6-30-9-13(29)10-31-19(14)26-17)27-20(25-16)32-11-21-3-1-4-28(21)8-12(23)7-21/h12-13H,1-11H2/t12-,13?,21+/m1/s1. The number of pyridine rings is 1. The first-order valence-corrected chi connectivity index (χ1v) is 11.5. The van der Waals surface area contributed by atoms with Crippen molar-refractivity contribution in [1.29, 1.82) is 0 Å². The molecule has 6 heterocycles. The van der Waals surface area contributed by atoms with Gasteiger partial charge in [-0.25, -0.2) is 8.78 Å². The van der Waals surface area contributed by atoms with Crippen LogP contribution in [0.1, 0.15) is 25.7 Å². The van der Waals surface area contributed by atoms with Gasteiger partial charge in [0.05, 0.1) is 18.2 Å². The fraction of sp³-hybridized carbons (Fsp3) is 0.667. The van der Waals surface area contributed by atoms with E-state index in [2.05, 4.69) is 24.8 Å². The normalized spacial score (nSPS) is 29.9. The summed E-state index contributed by atoms with van der Waals surface area (Å²) in [5.74, 6) is -0.0262. The van der Waals surface area contributed by atoms with E-state index in [1.54, 1.807) is 0 Å². The van der Waals surface area contributed by atoms with Crippen LogP contribution in [0.5, 0.6) is 11.9 Å². The maximum absolute atomic E-state index is 15.0. The molecule has 172 valence electrons. The van der Waals surface area contributed by atoms with Crippen LogP contribution in [-0.4, -0.2) is 83.7 Å². The predicted molar refractivity (Wildman–Crippen MR) is 113 cm³/mol. The summed E-state index contributed by atoms with van der Waals surface area (Å²) in [5.41, 5.74) is -0.338. The van der Waals surface area contributed by atoms with Crippen molar-refractivity contribution >= 4 is 28.3 Å². The Labute approximate surface area is 188 Å². The zero-order chi connectivity index (χ0) is 21.9. The monoisotopic (exact) mass is 467 g/mol. The summed E-state index contributed by atoms with van der Waals surface area (Å²) >= 11 is 6.05. The molecule has 0 amide bonds. The van der Waals surface area contributed by atoms with Crippen molar-refractivity contribution in [3.63, 3.8) is 0 Å². The molecule has 8 nitrogen and oxygen atoms in total. The Hall–Kier alpha value is -2.04. The van der Waals surface area contributed by atoms with Crippen LogP contribution in [0, 0.1) is 5.82 Å². The second-order valence-corrected chi connectivity index (χ2v) is 9.38. The first-order valence-electron chi connectivity index (χ1n) is 11.1. The lowest BCUT2D eigenvalue weighted by molar-refractivity contribution is 0.107. The molecule has 0 aliphatic carbocycles. The fourth-order valence-corrected chi connectivity index (χ4v) is 5.69. The summed E-state index contributed by atoms with van der Waals surface area (Å²) < 4.78 is 46.8. The number of hydrogen-bond acceptors (Lipinski definition) is 8. The Balaban J connectivity index is 1.42. The van der Waals surface area contributed by atoms with Gasteiger partial charge < -0.3 is 19.1 Å². The van der Waals surface area contributed by atoms with Crippen LogP contribution in [-0.2, 0) is 4.74 Å². The number of rotatable bonds is 3. The largest absolute Gasteiger partial charge is 0.475 e. The molecule has 2 aromatic rings. The Kier molecular flexibility index (Phi) is 5.00. The molecule has 4 aliphatic heterocycles. The van der Waals surface area contributed by atoms with E-state index in [1.165, 1.54) is 0 Å².